The van der Waals surface area contributed by atoms with E-state index in [9.17, 15) is 14.4 Å². The Morgan fingerprint density at radius 2 is 2.00 bits per heavy atom. The number of hydrogen-bond donors (Lipinski definition) is 4. The summed E-state index contributed by atoms with van der Waals surface area (Å²) in [5, 5.41) is 2.77. The van der Waals surface area contributed by atoms with Gasteiger partial charge in [0, 0.05) is 18.7 Å². The van der Waals surface area contributed by atoms with Gasteiger partial charge in [0.15, 0.2) is 0 Å². The lowest BCUT2D eigenvalue weighted by molar-refractivity contribution is -0.146. The SMILES string of the molecule is CC[C@H](C)[C@@H](C(=O)N[C@@H](Cc1c[nH]cn1)C(N)=O)N(C(=O)CN)C1CCCCC1. The summed E-state index contributed by atoms with van der Waals surface area (Å²) in [4.78, 5) is 46.6. The van der Waals surface area contributed by atoms with Crippen molar-refractivity contribution in [2.75, 3.05) is 6.54 Å². The Morgan fingerprint density at radius 3 is 2.52 bits per heavy atom. The second-order valence-electron chi connectivity index (χ2n) is 7.86. The molecule has 0 aliphatic heterocycles. The van der Waals surface area contributed by atoms with Gasteiger partial charge in [-0.15, -0.1) is 0 Å². The van der Waals surface area contributed by atoms with E-state index in [0.29, 0.717) is 12.1 Å². The molecule has 1 aliphatic rings. The van der Waals surface area contributed by atoms with Crippen molar-refractivity contribution in [3.63, 3.8) is 0 Å². The van der Waals surface area contributed by atoms with Crippen molar-refractivity contribution in [2.24, 2.45) is 17.4 Å². The number of aromatic amines is 1. The number of hydrogen-bond acceptors (Lipinski definition) is 5. The highest BCUT2D eigenvalue weighted by Crippen LogP contribution is 2.27. The van der Waals surface area contributed by atoms with Gasteiger partial charge in [-0.1, -0.05) is 39.5 Å². The van der Waals surface area contributed by atoms with Crippen molar-refractivity contribution in [1.29, 1.82) is 0 Å². The molecule has 0 bridgehead atoms. The number of primary amides is 1. The van der Waals surface area contributed by atoms with Crippen LogP contribution in [0.15, 0.2) is 12.5 Å². The van der Waals surface area contributed by atoms with E-state index in [1.54, 1.807) is 11.1 Å². The highest BCUT2D eigenvalue weighted by molar-refractivity contribution is 5.92. The van der Waals surface area contributed by atoms with Crippen LogP contribution in [0.4, 0.5) is 0 Å². The molecule has 1 aromatic rings. The summed E-state index contributed by atoms with van der Waals surface area (Å²) in [6.07, 6.45) is 8.95. The topological polar surface area (TPSA) is 147 Å². The van der Waals surface area contributed by atoms with E-state index < -0.39 is 18.0 Å². The Morgan fingerprint density at radius 1 is 1.31 bits per heavy atom. The van der Waals surface area contributed by atoms with Crippen LogP contribution in [0, 0.1) is 5.92 Å². The first-order valence-electron chi connectivity index (χ1n) is 10.5. The molecule has 9 nitrogen and oxygen atoms in total. The first-order valence-corrected chi connectivity index (χ1v) is 10.5. The molecule has 0 saturated heterocycles. The van der Waals surface area contributed by atoms with Crippen LogP contribution in [0.1, 0.15) is 58.1 Å². The smallest absolute Gasteiger partial charge is 0.243 e. The third-order valence-electron chi connectivity index (χ3n) is 5.81. The van der Waals surface area contributed by atoms with E-state index in [2.05, 4.69) is 15.3 Å². The summed E-state index contributed by atoms with van der Waals surface area (Å²) in [5.74, 6) is -1.34. The van der Waals surface area contributed by atoms with Crippen LogP contribution in [0.25, 0.3) is 0 Å². The van der Waals surface area contributed by atoms with E-state index in [-0.39, 0.29) is 36.7 Å². The fourth-order valence-corrected chi connectivity index (χ4v) is 4.02. The van der Waals surface area contributed by atoms with Crippen LogP contribution >= 0.6 is 0 Å². The summed E-state index contributed by atoms with van der Waals surface area (Å²) in [5.41, 5.74) is 11.8. The molecule has 1 heterocycles. The number of nitrogens with two attached hydrogens (primary N) is 2. The minimum Gasteiger partial charge on any atom is -0.368 e. The number of nitrogens with zero attached hydrogens (tertiary/aromatic N) is 2. The maximum Gasteiger partial charge on any atom is 0.243 e. The Kier molecular flexibility index (Phi) is 8.63. The molecule has 0 aromatic carbocycles. The number of carbonyl (C=O) groups is 3. The maximum atomic E-state index is 13.3. The van der Waals surface area contributed by atoms with Crippen molar-refractivity contribution in [3.8, 4) is 0 Å². The van der Waals surface area contributed by atoms with Crippen LogP contribution in [-0.4, -0.2) is 57.3 Å². The largest absolute Gasteiger partial charge is 0.368 e. The maximum absolute atomic E-state index is 13.3. The van der Waals surface area contributed by atoms with Crippen molar-refractivity contribution >= 4 is 17.7 Å². The number of nitrogens with one attached hydrogen (secondary N) is 2. The van der Waals surface area contributed by atoms with Crippen LogP contribution in [0.3, 0.4) is 0 Å². The molecule has 162 valence electrons. The molecule has 2 rings (SSSR count). The highest BCUT2D eigenvalue weighted by Gasteiger charge is 2.39. The molecule has 1 fully saturated rings. The molecule has 0 radical (unpaired) electrons. The molecule has 6 N–H and O–H groups in total. The predicted octanol–water partition coefficient (Wildman–Crippen LogP) is 0.457. The van der Waals surface area contributed by atoms with Crippen LogP contribution in [-0.2, 0) is 20.8 Å². The zero-order valence-corrected chi connectivity index (χ0v) is 17.4. The van der Waals surface area contributed by atoms with Gasteiger partial charge in [0.1, 0.15) is 12.1 Å². The van der Waals surface area contributed by atoms with Gasteiger partial charge in [-0.05, 0) is 18.8 Å². The van der Waals surface area contributed by atoms with E-state index in [4.69, 9.17) is 11.5 Å². The van der Waals surface area contributed by atoms with Crippen LogP contribution < -0.4 is 16.8 Å². The van der Waals surface area contributed by atoms with Crippen molar-refractivity contribution in [1.82, 2.24) is 20.2 Å². The summed E-state index contributed by atoms with van der Waals surface area (Å²) < 4.78 is 0. The van der Waals surface area contributed by atoms with Crippen LogP contribution in [0.2, 0.25) is 0 Å². The average molecular weight is 407 g/mol. The zero-order valence-electron chi connectivity index (χ0n) is 17.4. The Balaban J connectivity index is 2.26. The monoisotopic (exact) mass is 406 g/mol. The lowest BCUT2D eigenvalue weighted by atomic mass is 9.89. The molecular weight excluding hydrogens is 372 g/mol. The second-order valence-corrected chi connectivity index (χ2v) is 7.86. The summed E-state index contributed by atoms with van der Waals surface area (Å²) in [7, 11) is 0. The molecule has 1 aliphatic carbocycles. The quantitative estimate of drug-likeness (QED) is 0.445. The van der Waals surface area contributed by atoms with E-state index >= 15 is 0 Å². The van der Waals surface area contributed by atoms with E-state index in [0.717, 1.165) is 32.1 Å². The van der Waals surface area contributed by atoms with Gasteiger partial charge in [-0.2, -0.15) is 0 Å². The molecular formula is C20H34N6O3. The molecule has 29 heavy (non-hydrogen) atoms. The van der Waals surface area contributed by atoms with Crippen molar-refractivity contribution in [2.45, 2.75) is 76.9 Å². The normalized spacial score (nSPS) is 17.9. The second kappa shape index (κ2) is 10.9. The number of H-pyrrole nitrogens is 1. The molecule has 3 atom stereocenters. The first-order chi connectivity index (χ1) is 13.9. The van der Waals surface area contributed by atoms with Gasteiger partial charge in [-0.25, -0.2) is 4.98 Å². The zero-order chi connectivity index (χ0) is 21.4. The lowest BCUT2D eigenvalue weighted by Crippen LogP contribution is -2.60. The van der Waals surface area contributed by atoms with E-state index in [1.165, 1.54) is 6.33 Å². The minimum absolute atomic E-state index is 0.0112. The third-order valence-corrected chi connectivity index (χ3v) is 5.81. The number of amides is 3. The molecule has 0 unspecified atom stereocenters. The third kappa shape index (κ3) is 6.03. The molecule has 1 saturated carbocycles. The molecule has 1 aromatic heterocycles. The number of imidazole rings is 1. The Hall–Kier alpha value is -2.42. The van der Waals surface area contributed by atoms with Crippen LogP contribution in [0.5, 0.6) is 0 Å². The van der Waals surface area contributed by atoms with Crippen molar-refractivity contribution < 1.29 is 14.4 Å². The van der Waals surface area contributed by atoms with E-state index in [1.807, 2.05) is 13.8 Å². The molecule has 3 amide bonds. The summed E-state index contributed by atoms with van der Waals surface area (Å²) >= 11 is 0. The van der Waals surface area contributed by atoms with Gasteiger partial charge < -0.3 is 26.7 Å². The minimum atomic E-state index is -0.904. The fraction of sp³-hybridized carbons (Fsp3) is 0.700. The van der Waals surface area contributed by atoms with Crippen molar-refractivity contribution in [3.05, 3.63) is 18.2 Å². The number of aromatic nitrogens is 2. The summed E-state index contributed by atoms with van der Waals surface area (Å²) in [6.45, 7) is 3.77. The number of rotatable bonds is 10. The van der Waals surface area contributed by atoms with Gasteiger partial charge in [0.05, 0.1) is 18.6 Å². The number of carbonyl (C=O) groups excluding carboxylic acids is 3. The molecule has 9 heteroatoms. The van der Waals surface area contributed by atoms with Gasteiger partial charge in [0.25, 0.3) is 0 Å². The lowest BCUT2D eigenvalue weighted by Gasteiger charge is -2.41. The first kappa shape index (κ1) is 22.9. The fourth-order valence-electron chi connectivity index (χ4n) is 4.02. The molecule has 0 spiro atoms. The average Bonchev–Trinajstić information content (AvgIpc) is 3.24. The van der Waals surface area contributed by atoms with Gasteiger partial charge in [-0.3, -0.25) is 14.4 Å². The highest BCUT2D eigenvalue weighted by atomic mass is 16.2. The Labute approximate surface area is 172 Å². The van der Waals surface area contributed by atoms with Gasteiger partial charge in [0.2, 0.25) is 17.7 Å². The van der Waals surface area contributed by atoms with Gasteiger partial charge >= 0.3 is 0 Å². The standard InChI is InChI=1S/C20H34N6O3/c1-3-13(2)18(26(17(27)10-21)15-7-5-4-6-8-15)20(29)25-16(19(22)28)9-14-11-23-12-24-14/h11-13,15-16,18H,3-10,21H2,1-2H3,(H2,22,28)(H,23,24)(H,25,29)/t13-,16-,18-/m0/s1. The Bertz CT molecular complexity index is 672. The summed E-state index contributed by atoms with van der Waals surface area (Å²) in [6, 6.07) is -1.61. The predicted molar refractivity (Wildman–Crippen MR) is 109 cm³/mol.